The molecule has 6 heteroatoms. The highest BCUT2D eigenvalue weighted by atomic mass is 19.1. The van der Waals surface area contributed by atoms with E-state index < -0.39 is 0 Å². The minimum absolute atomic E-state index is 0.0177. The maximum Gasteiger partial charge on any atom is 0.238 e. The molecule has 0 saturated carbocycles. The number of aryl methyl sites for hydroxylation is 3. The Bertz CT molecular complexity index is 965. The molecule has 152 valence electrons. The molecule has 3 rings (SSSR count). The largest absolute Gasteiger partial charge is 0.325 e. The molecule has 0 fully saturated rings. The van der Waals surface area contributed by atoms with Crippen LogP contribution in [-0.4, -0.2) is 41.1 Å². The van der Waals surface area contributed by atoms with E-state index in [1.807, 2.05) is 43.1 Å². The Balaban J connectivity index is 1.42. The number of nitrogens with zero attached hydrogens (tertiary/aromatic N) is 2. The third-order valence-electron chi connectivity index (χ3n) is 4.96. The number of carbonyl (C=O) groups is 1. The molecule has 0 radical (unpaired) electrons. The van der Waals surface area contributed by atoms with Crippen LogP contribution in [0.3, 0.4) is 0 Å². The van der Waals surface area contributed by atoms with Crippen molar-refractivity contribution >= 4 is 11.6 Å². The van der Waals surface area contributed by atoms with Crippen LogP contribution in [0.1, 0.15) is 23.2 Å². The molecule has 1 aromatic heterocycles. The average molecular weight is 394 g/mol. The summed E-state index contributed by atoms with van der Waals surface area (Å²) in [6.45, 7) is 5.23. The number of nitrogens with one attached hydrogen (secondary N) is 2. The van der Waals surface area contributed by atoms with Gasteiger partial charge in [0.05, 0.1) is 12.2 Å². The van der Waals surface area contributed by atoms with Crippen LogP contribution >= 0.6 is 0 Å². The van der Waals surface area contributed by atoms with Gasteiger partial charge in [0.1, 0.15) is 5.82 Å². The van der Waals surface area contributed by atoms with Gasteiger partial charge < -0.3 is 5.32 Å². The van der Waals surface area contributed by atoms with E-state index in [0.717, 1.165) is 47.6 Å². The van der Waals surface area contributed by atoms with Crippen LogP contribution in [-0.2, 0) is 11.2 Å². The van der Waals surface area contributed by atoms with Gasteiger partial charge in [-0.25, -0.2) is 4.39 Å². The molecule has 29 heavy (non-hydrogen) atoms. The third kappa shape index (κ3) is 5.99. The first kappa shape index (κ1) is 20.7. The van der Waals surface area contributed by atoms with Crippen molar-refractivity contribution in [2.24, 2.45) is 0 Å². The van der Waals surface area contributed by atoms with E-state index in [1.165, 1.54) is 17.7 Å². The first-order valence-corrected chi connectivity index (χ1v) is 9.76. The monoisotopic (exact) mass is 394 g/mol. The highest BCUT2D eigenvalue weighted by Gasteiger charge is 2.09. The number of H-pyrrole nitrogens is 1. The Morgan fingerprint density at radius 2 is 1.86 bits per heavy atom. The quantitative estimate of drug-likeness (QED) is 0.598. The molecule has 3 aromatic rings. The van der Waals surface area contributed by atoms with E-state index in [1.54, 1.807) is 12.1 Å². The van der Waals surface area contributed by atoms with Crippen molar-refractivity contribution in [3.8, 4) is 11.3 Å². The first-order chi connectivity index (χ1) is 13.9. The van der Waals surface area contributed by atoms with E-state index >= 15 is 0 Å². The predicted molar refractivity (Wildman–Crippen MR) is 114 cm³/mol. The number of hydrogen-bond donors (Lipinski definition) is 2. The van der Waals surface area contributed by atoms with Crippen LogP contribution in [0.15, 0.2) is 48.5 Å². The summed E-state index contributed by atoms with van der Waals surface area (Å²) < 4.78 is 13.0. The Morgan fingerprint density at radius 3 is 2.59 bits per heavy atom. The third-order valence-corrected chi connectivity index (χ3v) is 4.96. The van der Waals surface area contributed by atoms with E-state index in [4.69, 9.17) is 0 Å². The lowest BCUT2D eigenvalue weighted by molar-refractivity contribution is -0.117. The number of amides is 1. The van der Waals surface area contributed by atoms with Crippen LogP contribution in [0.4, 0.5) is 10.1 Å². The fraction of sp³-hybridized carbons (Fsp3) is 0.304. The van der Waals surface area contributed by atoms with Gasteiger partial charge in [0, 0.05) is 16.9 Å². The molecule has 0 bridgehead atoms. The topological polar surface area (TPSA) is 61.0 Å². The Labute approximate surface area is 170 Å². The number of rotatable bonds is 8. The summed E-state index contributed by atoms with van der Waals surface area (Å²) >= 11 is 0. The van der Waals surface area contributed by atoms with Crippen molar-refractivity contribution < 1.29 is 9.18 Å². The lowest BCUT2D eigenvalue weighted by Gasteiger charge is -2.16. The summed E-state index contributed by atoms with van der Waals surface area (Å²) in [7, 11) is 1.94. The standard InChI is InChI=1S/C23H27FN4O/c1-16-6-11-20(13-17(16)2)25-23(29)15-28(3)12-4-5-21-14-22(27-26-21)18-7-9-19(24)10-8-18/h6-11,13-14H,4-5,12,15H2,1-3H3,(H,25,29)(H,26,27). The van der Waals surface area contributed by atoms with Gasteiger partial charge in [-0.1, -0.05) is 6.07 Å². The zero-order chi connectivity index (χ0) is 20.8. The predicted octanol–water partition coefficient (Wildman–Crippen LogP) is 4.34. The van der Waals surface area contributed by atoms with Gasteiger partial charge in [-0.3, -0.25) is 14.8 Å². The van der Waals surface area contributed by atoms with Crippen molar-refractivity contribution in [3.05, 3.63) is 71.2 Å². The molecule has 0 aliphatic rings. The van der Waals surface area contributed by atoms with Crippen molar-refractivity contribution in [1.82, 2.24) is 15.1 Å². The molecule has 0 unspecified atom stereocenters. The summed E-state index contributed by atoms with van der Waals surface area (Å²) in [6, 6.07) is 14.2. The second kappa shape index (κ2) is 9.47. The summed E-state index contributed by atoms with van der Waals surface area (Å²) in [5.41, 5.74) is 5.92. The molecular weight excluding hydrogens is 367 g/mol. The van der Waals surface area contributed by atoms with Gasteiger partial charge in [-0.15, -0.1) is 0 Å². The van der Waals surface area contributed by atoms with Gasteiger partial charge >= 0.3 is 0 Å². The lowest BCUT2D eigenvalue weighted by atomic mass is 10.1. The average Bonchev–Trinajstić information content (AvgIpc) is 3.14. The number of likely N-dealkylation sites (N-methyl/N-ethyl adjacent to an activating group) is 1. The zero-order valence-electron chi connectivity index (χ0n) is 17.1. The highest BCUT2D eigenvalue weighted by Crippen LogP contribution is 2.18. The van der Waals surface area contributed by atoms with Crippen LogP contribution < -0.4 is 5.32 Å². The number of halogens is 1. The Hall–Kier alpha value is -2.99. The minimum atomic E-state index is -0.255. The number of aromatic nitrogens is 2. The molecule has 2 aromatic carbocycles. The van der Waals surface area contributed by atoms with Crippen LogP contribution in [0, 0.1) is 19.7 Å². The second-order valence-corrected chi connectivity index (χ2v) is 7.47. The van der Waals surface area contributed by atoms with Crippen LogP contribution in [0.5, 0.6) is 0 Å². The van der Waals surface area contributed by atoms with Crippen molar-refractivity contribution in [2.75, 3.05) is 25.5 Å². The number of benzene rings is 2. The van der Waals surface area contributed by atoms with Crippen molar-refractivity contribution in [2.45, 2.75) is 26.7 Å². The number of carbonyl (C=O) groups excluding carboxylic acids is 1. The zero-order valence-corrected chi connectivity index (χ0v) is 17.1. The van der Waals surface area contributed by atoms with E-state index in [-0.39, 0.29) is 11.7 Å². The molecule has 1 amide bonds. The van der Waals surface area contributed by atoms with Gasteiger partial charge in [-0.2, -0.15) is 5.10 Å². The van der Waals surface area contributed by atoms with Crippen molar-refractivity contribution in [1.29, 1.82) is 0 Å². The maximum absolute atomic E-state index is 13.0. The fourth-order valence-electron chi connectivity index (χ4n) is 3.14. The maximum atomic E-state index is 13.0. The highest BCUT2D eigenvalue weighted by molar-refractivity contribution is 5.92. The fourth-order valence-corrected chi connectivity index (χ4v) is 3.14. The molecule has 0 aliphatic carbocycles. The number of anilines is 1. The van der Waals surface area contributed by atoms with Crippen molar-refractivity contribution in [3.63, 3.8) is 0 Å². The molecule has 0 spiro atoms. The Morgan fingerprint density at radius 1 is 1.10 bits per heavy atom. The molecule has 5 nitrogen and oxygen atoms in total. The Kier molecular flexibility index (Phi) is 6.77. The molecule has 0 aliphatic heterocycles. The van der Waals surface area contributed by atoms with Gasteiger partial charge in [-0.05, 0) is 93.9 Å². The van der Waals surface area contributed by atoms with Gasteiger partial charge in [0.25, 0.3) is 0 Å². The molecular formula is C23H27FN4O. The summed E-state index contributed by atoms with van der Waals surface area (Å²) in [6.07, 6.45) is 1.73. The molecule has 0 saturated heterocycles. The van der Waals surface area contributed by atoms with Crippen LogP contribution in [0.2, 0.25) is 0 Å². The number of hydrogen-bond acceptors (Lipinski definition) is 3. The van der Waals surface area contributed by atoms with E-state index in [2.05, 4.69) is 22.4 Å². The van der Waals surface area contributed by atoms with Gasteiger partial charge in [0.15, 0.2) is 0 Å². The van der Waals surface area contributed by atoms with Crippen LogP contribution in [0.25, 0.3) is 11.3 Å². The smallest absolute Gasteiger partial charge is 0.238 e. The van der Waals surface area contributed by atoms with Gasteiger partial charge in [0.2, 0.25) is 5.91 Å². The summed E-state index contributed by atoms with van der Waals surface area (Å²) in [5.74, 6) is -0.273. The summed E-state index contributed by atoms with van der Waals surface area (Å²) in [4.78, 5) is 14.2. The first-order valence-electron chi connectivity index (χ1n) is 9.76. The normalized spacial score (nSPS) is 11.1. The minimum Gasteiger partial charge on any atom is -0.325 e. The second-order valence-electron chi connectivity index (χ2n) is 7.47. The number of aromatic amines is 1. The molecule has 2 N–H and O–H groups in total. The summed E-state index contributed by atoms with van der Waals surface area (Å²) in [5, 5.41) is 10.3. The molecule has 1 heterocycles. The van der Waals surface area contributed by atoms with E-state index in [0.29, 0.717) is 6.54 Å². The van der Waals surface area contributed by atoms with E-state index in [9.17, 15) is 9.18 Å². The molecule has 0 atom stereocenters. The lowest BCUT2D eigenvalue weighted by Crippen LogP contribution is -2.31. The SMILES string of the molecule is Cc1ccc(NC(=O)CN(C)CCCc2cc(-c3ccc(F)cc3)n[nH]2)cc1C.